The average Bonchev–Trinajstić information content (AvgIpc) is 2.21. The van der Waals surface area contributed by atoms with E-state index in [1.165, 1.54) is 25.7 Å². The summed E-state index contributed by atoms with van der Waals surface area (Å²) in [6, 6.07) is 0.578. The molecule has 0 bridgehead atoms. The molecule has 1 rings (SSSR count). The molecule has 0 amide bonds. The van der Waals surface area contributed by atoms with E-state index in [0.29, 0.717) is 12.1 Å². The number of likely N-dealkylation sites (N-methyl/N-ethyl adjacent to an activating group) is 1. The van der Waals surface area contributed by atoms with Crippen LogP contribution in [0.1, 0.15) is 59.8 Å². The van der Waals surface area contributed by atoms with Gasteiger partial charge in [-0.15, -0.1) is 0 Å². The summed E-state index contributed by atoms with van der Waals surface area (Å²) < 4.78 is 6.23. The molecule has 0 radical (unpaired) electrons. The van der Waals surface area contributed by atoms with E-state index in [4.69, 9.17) is 4.74 Å². The number of hydrogen-bond donors (Lipinski definition) is 1. The topological polar surface area (TPSA) is 21.3 Å². The van der Waals surface area contributed by atoms with Crippen molar-refractivity contribution in [1.29, 1.82) is 0 Å². The van der Waals surface area contributed by atoms with Gasteiger partial charge in [-0.05, 0) is 39.7 Å². The zero-order valence-corrected chi connectivity index (χ0v) is 10.8. The van der Waals surface area contributed by atoms with Crippen LogP contribution < -0.4 is 5.32 Å². The Bertz CT molecular complexity index is 177. The smallest absolute Gasteiger partial charge is 0.0735 e. The Morgan fingerprint density at radius 2 is 1.87 bits per heavy atom. The van der Waals surface area contributed by atoms with E-state index in [9.17, 15) is 0 Å². The molecule has 2 heteroatoms. The van der Waals surface area contributed by atoms with Crippen LogP contribution in [0.15, 0.2) is 0 Å². The fraction of sp³-hybridized carbons (Fsp3) is 1.00. The molecular formula is C13H27NO. The Balaban J connectivity index is 2.48. The number of hydrogen-bond acceptors (Lipinski definition) is 2. The van der Waals surface area contributed by atoms with Crippen molar-refractivity contribution >= 4 is 0 Å². The second kappa shape index (κ2) is 5.86. The zero-order chi connectivity index (χ0) is 11.3. The van der Waals surface area contributed by atoms with Crippen LogP contribution in [-0.2, 0) is 4.74 Å². The van der Waals surface area contributed by atoms with Crippen molar-refractivity contribution < 1.29 is 4.74 Å². The van der Waals surface area contributed by atoms with Crippen LogP contribution in [0.3, 0.4) is 0 Å². The second-order valence-corrected chi connectivity index (χ2v) is 5.22. The van der Waals surface area contributed by atoms with Gasteiger partial charge in [-0.3, -0.25) is 0 Å². The molecule has 1 aliphatic rings. The molecule has 0 heterocycles. The Hall–Kier alpha value is -0.0800. The van der Waals surface area contributed by atoms with Gasteiger partial charge in [0.05, 0.1) is 11.7 Å². The first-order chi connectivity index (χ1) is 7.09. The second-order valence-electron chi connectivity index (χ2n) is 5.22. The molecule has 1 fully saturated rings. The Morgan fingerprint density at radius 1 is 1.20 bits per heavy atom. The molecule has 15 heavy (non-hydrogen) atoms. The number of nitrogens with one attached hydrogen (secondary N) is 1. The largest absolute Gasteiger partial charge is 0.371 e. The zero-order valence-electron chi connectivity index (χ0n) is 10.8. The van der Waals surface area contributed by atoms with Gasteiger partial charge in [-0.2, -0.15) is 0 Å². The summed E-state index contributed by atoms with van der Waals surface area (Å²) in [6.07, 6.45) is 6.69. The molecule has 1 saturated carbocycles. The quantitative estimate of drug-likeness (QED) is 0.757. The van der Waals surface area contributed by atoms with Gasteiger partial charge in [-0.25, -0.2) is 0 Å². The van der Waals surface area contributed by atoms with Crippen molar-refractivity contribution in [1.82, 2.24) is 5.32 Å². The van der Waals surface area contributed by atoms with Crippen LogP contribution in [0.5, 0.6) is 0 Å². The summed E-state index contributed by atoms with van der Waals surface area (Å²) in [4.78, 5) is 0. The van der Waals surface area contributed by atoms with Gasteiger partial charge in [0.15, 0.2) is 0 Å². The Morgan fingerprint density at radius 3 is 2.47 bits per heavy atom. The van der Waals surface area contributed by atoms with E-state index in [1.807, 2.05) is 0 Å². The van der Waals surface area contributed by atoms with E-state index in [-0.39, 0.29) is 5.60 Å². The molecule has 2 nitrogen and oxygen atoms in total. The van der Waals surface area contributed by atoms with Crippen LogP contribution in [0.2, 0.25) is 0 Å². The summed E-state index contributed by atoms with van der Waals surface area (Å²) >= 11 is 0. The third-order valence-electron chi connectivity index (χ3n) is 3.49. The lowest BCUT2D eigenvalue weighted by atomic mass is 9.91. The van der Waals surface area contributed by atoms with E-state index in [1.54, 1.807) is 0 Å². The minimum Gasteiger partial charge on any atom is -0.371 e. The van der Waals surface area contributed by atoms with Gasteiger partial charge in [0.25, 0.3) is 0 Å². The average molecular weight is 213 g/mol. The van der Waals surface area contributed by atoms with Crippen LogP contribution in [0, 0.1) is 0 Å². The summed E-state index contributed by atoms with van der Waals surface area (Å²) in [5.74, 6) is 0. The number of rotatable bonds is 5. The molecule has 0 aromatic carbocycles. The molecule has 1 N–H and O–H groups in total. The highest BCUT2D eigenvalue weighted by Gasteiger charge is 2.29. The normalized spacial score (nSPS) is 28.0. The molecular weight excluding hydrogens is 186 g/mol. The summed E-state index contributed by atoms with van der Waals surface area (Å²) in [5.41, 5.74) is 0.0374. The van der Waals surface area contributed by atoms with Gasteiger partial charge in [0.1, 0.15) is 0 Å². The van der Waals surface area contributed by atoms with Gasteiger partial charge < -0.3 is 10.1 Å². The highest BCUT2D eigenvalue weighted by atomic mass is 16.5. The standard InChI is InChI=1S/C13H27NO/c1-5-13(3,4)15-12-10-8-7-9-11(12)14-6-2/h11-12,14H,5-10H2,1-4H3. The highest BCUT2D eigenvalue weighted by Crippen LogP contribution is 2.26. The fourth-order valence-electron chi connectivity index (χ4n) is 2.23. The molecule has 0 aliphatic heterocycles. The van der Waals surface area contributed by atoms with Crippen LogP contribution in [-0.4, -0.2) is 24.3 Å². The minimum atomic E-state index is 0.0374. The van der Waals surface area contributed by atoms with Crippen LogP contribution in [0.4, 0.5) is 0 Å². The molecule has 0 spiro atoms. The molecule has 1 aliphatic carbocycles. The molecule has 0 saturated heterocycles. The van der Waals surface area contributed by atoms with Crippen molar-refractivity contribution in [3.8, 4) is 0 Å². The van der Waals surface area contributed by atoms with E-state index in [0.717, 1.165) is 13.0 Å². The Kier molecular flexibility index (Phi) is 5.07. The van der Waals surface area contributed by atoms with Gasteiger partial charge in [-0.1, -0.05) is 26.7 Å². The van der Waals surface area contributed by atoms with Crippen molar-refractivity contribution in [2.75, 3.05) is 6.54 Å². The van der Waals surface area contributed by atoms with Crippen molar-refractivity contribution in [3.05, 3.63) is 0 Å². The molecule has 0 aromatic heterocycles. The van der Waals surface area contributed by atoms with Crippen LogP contribution in [0.25, 0.3) is 0 Å². The van der Waals surface area contributed by atoms with Crippen molar-refractivity contribution in [2.24, 2.45) is 0 Å². The van der Waals surface area contributed by atoms with Crippen molar-refractivity contribution in [3.63, 3.8) is 0 Å². The van der Waals surface area contributed by atoms with Crippen LogP contribution >= 0.6 is 0 Å². The molecule has 2 unspecified atom stereocenters. The first kappa shape index (κ1) is 13.0. The van der Waals surface area contributed by atoms with Crippen molar-refractivity contribution in [2.45, 2.75) is 77.5 Å². The maximum atomic E-state index is 6.23. The lowest BCUT2D eigenvalue weighted by molar-refractivity contribution is -0.0982. The fourth-order valence-corrected chi connectivity index (χ4v) is 2.23. The van der Waals surface area contributed by atoms with E-state index >= 15 is 0 Å². The maximum absolute atomic E-state index is 6.23. The van der Waals surface area contributed by atoms with E-state index in [2.05, 4.69) is 33.0 Å². The van der Waals surface area contributed by atoms with Gasteiger partial charge >= 0.3 is 0 Å². The molecule has 0 aromatic rings. The predicted molar refractivity (Wildman–Crippen MR) is 65.2 cm³/mol. The minimum absolute atomic E-state index is 0.0374. The summed E-state index contributed by atoms with van der Waals surface area (Å²) in [5, 5.41) is 3.56. The van der Waals surface area contributed by atoms with E-state index < -0.39 is 0 Å². The lowest BCUT2D eigenvalue weighted by Gasteiger charge is -2.37. The highest BCUT2D eigenvalue weighted by molar-refractivity contribution is 4.84. The third kappa shape index (κ3) is 4.12. The predicted octanol–water partition coefficient (Wildman–Crippen LogP) is 3.11. The number of ether oxygens (including phenoxy) is 1. The third-order valence-corrected chi connectivity index (χ3v) is 3.49. The Labute approximate surface area is 94.8 Å². The summed E-state index contributed by atoms with van der Waals surface area (Å²) in [7, 11) is 0. The van der Waals surface area contributed by atoms with Gasteiger partial charge in [0.2, 0.25) is 0 Å². The molecule has 2 atom stereocenters. The maximum Gasteiger partial charge on any atom is 0.0735 e. The molecule has 90 valence electrons. The monoisotopic (exact) mass is 213 g/mol. The SMILES string of the molecule is CCNC1CCCCC1OC(C)(C)CC. The first-order valence-corrected chi connectivity index (χ1v) is 6.50. The lowest BCUT2D eigenvalue weighted by Crippen LogP contribution is -2.46. The van der Waals surface area contributed by atoms with Gasteiger partial charge in [0, 0.05) is 6.04 Å². The summed E-state index contributed by atoms with van der Waals surface area (Å²) in [6.45, 7) is 9.83. The first-order valence-electron chi connectivity index (χ1n) is 6.50.